The van der Waals surface area contributed by atoms with E-state index in [4.69, 9.17) is 0 Å². The minimum atomic E-state index is -0.865. The second kappa shape index (κ2) is 7.50. The predicted octanol–water partition coefficient (Wildman–Crippen LogP) is 6.68. The van der Waals surface area contributed by atoms with Gasteiger partial charge in [0.2, 0.25) is 0 Å². The molecule has 130 valence electrons. The monoisotopic (exact) mass is 332 g/mol. The highest BCUT2D eigenvalue weighted by Crippen LogP contribution is 2.39. The number of phenols is 1. The van der Waals surface area contributed by atoms with Gasteiger partial charge in [0.25, 0.3) is 0 Å². The van der Waals surface area contributed by atoms with Crippen molar-refractivity contribution in [3.8, 4) is 5.75 Å². The molecule has 0 unspecified atom stereocenters. The molecule has 1 aliphatic rings. The summed E-state index contributed by atoms with van der Waals surface area (Å²) in [5.74, 6) is -0.755. The van der Waals surface area contributed by atoms with Gasteiger partial charge in [-0.15, -0.1) is 0 Å². The highest BCUT2D eigenvalue weighted by molar-refractivity contribution is 5.86. The van der Waals surface area contributed by atoms with Gasteiger partial charge in [0, 0.05) is 0 Å². The number of aromatic hydroxyl groups is 1. The molecule has 2 aromatic rings. The summed E-state index contributed by atoms with van der Waals surface area (Å²) in [6.45, 7) is 2.23. The van der Waals surface area contributed by atoms with Gasteiger partial charge >= 0.3 is 0 Å². The van der Waals surface area contributed by atoms with Gasteiger partial charge in [0.1, 0.15) is 5.82 Å². The molecule has 0 saturated heterocycles. The van der Waals surface area contributed by atoms with Crippen molar-refractivity contribution in [1.82, 2.24) is 0 Å². The lowest BCUT2D eigenvalue weighted by molar-refractivity contribution is 0.302. The highest BCUT2D eigenvalue weighted by Gasteiger charge is 2.23. The number of unbranched alkanes of at least 4 members (excludes halogenated alkanes) is 2. The maximum atomic E-state index is 14.4. The summed E-state index contributed by atoms with van der Waals surface area (Å²) in [6, 6.07) is 6.25. The zero-order chi connectivity index (χ0) is 17.1. The molecule has 0 aromatic heterocycles. The van der Waals surface area contributed by atoms with E-state index in [1.165, 1.54) is 50.7 Å². The summed E-state index contributed by atoms with van der Waals surface area (Å²) in [5, 5.41) is 9.86. The van der Waals surface area contributed by atoms with Crippen LogP contribution < -0.4 is 0 Å². The van der Waals surface area contributed by atoms with Crippen molar-refractivity contribution in [2.75, 3.05) is 0 Å². The number of rotatable bonds is 5. The van der Waals surface area contributed by atoms with Gasteiger partial charge in [-0.1, -0.05) is 44.7 Å². The maximum Gasteiger partial charge on any atom is 0.175 e. The first-order valence-electron chi connectivity index (χ1n) is 9.20. The lowest BCUT2D eigenvalue weighted by Gasteiger charge is -2.29. The molecule has 3 heteroatoms. The van der Waals surface area contributed by atoms with E-state index in [0.29, 0.717) is 11.3 Å². The molecule has 1 N–H and O–H groups in total. The molecule has 0 spiro atoms. The molecule has 0 radical (unpaired) electrons. The minimum absolute atomic E-state index is 0.105. The Bertz CT molecular complexity index is 703. The van der Waals surface area contributed by atoms with E-state index in [-0.39, 0.29) is 5.39 Å². The van der Waals surface area contributed by atoms with Crippen molar-refractivity contribution in [3.63, 3.8) is 0 Å². The molecule has 1 aliphatic carbocycles. The second-order valence-electron chi connectivity index (χ2n) is 7.21. The number of halogens is 2. The van der Waals surface area contributed by atoms with Gasteiger partial charge < -0.3 is 5.11 Å². The van der Waals surface area contributed by atoms with Crippen molar-refractivity contribution in [2.45, 2.75) is 64.2 Å². The molecule has 0 amide bonds. The third-order valence-electron chi connectivity index (χ3n) is 5.54. The molecular formula is C21H26F2O. The van der Waals surface area contributed by atoms with Crippen LogP contribution in [0.2, 0.25) is 0 Å². The van der Waals surface area contributed by atoms with Crippen molar-refractivity contribution in [1.29, 1.82) is 0 Å². The fraction of sp³-hybridized carbons (Fsp3) is 0.524. The van der Waals surface area contributed by atoms with Crippen LogP contribution in [0.4, 0.5) is 8.78 Å². The predicted molar refractivity (Wildman–Crippen MR) is 94.4 cm³/mol. The van der Waals surface area contributed by atoms with Crippen LogP contribution in [-0.4, -0.2) is 5.11 Å². The third kappa shape index (κ3) is 3.55. The minimum Gasteiger partial charge on any atom is -0.505 e. The molecule has 1 saturated carbocycles. The van der Waals surface area contributed by atoms with E-state index in [1.54, 1.807) is 6.07 Å². The van der Waals surface area contributed by atoms with Gasteiger partial charge in [0.15, 0.2) is 11.6 Å². The van der Waals surface area contributed by atoms with E-state index < -0.39 is 17.4 Å². The summed E-state index contributed by atoms with van der Waals surface area (Å²) in [4.78, 5) is 0. The van der Waals surface area contributed by atoms with Gasteiger partial charge in [-0.2, -0.15) is 0 Å². The normalized spacial score (nSPS) is 21.3. The number of hydrogen-bond acceptors (Lipinski definition) is 1. The topological polar surface area (TPSA) is 20.2 Å². The van der Waals surface area contributed by atoms with Crippen molar-refractivity contribution in [2.24, 2.45) is 5.92 Å². The first-order chi connectivity index (χ1) is 11.6. The Morgan fingerprint density at radius 3 is 2.50 bits per heavy atom. The summed E-state index contributed by atoms with van der Waals surface area (Å²) in [5.41, 5.74) is 0.970. The van der Waals surface area contributed by atoms with Crippen LogP contribution >= 0.6 is 0 Å². The van der Waals surface area contributed by atoms with Crippen molar-refractivity contribution < 1.29 is 13.9 Å². The zero-order valence-electron chi connectivity index (χ0n) is 14.3. The molecular weight excluding hydrogens is 306 g/mol. The quantitative estimate of drug-likeness (QED) is 0.606. The van der Waals surface area contributed by atoms with E-state index in [9.17, 15) is 13.9 Å². The Balaban J connectivity index is 1.73. The third-order valence-corrected chi connectivity index (χ3v) is 5.54. The molecule has 2 aromatic carbocycles. The molecule has 24 heavy (non-hydrogen) atoms. The smallest absolute Gasteiger partial charge is 0.175 e. The molecule has 1 fully saturated rings. The number of phenolic OH excluding ortho intramolecular Hbond substituents is 1. The van der Waals surface area contributed by atoms with Crippen molar-refractivity contribution >= 4 is 10.8 Å². The lowest BCUT2D eigenvalue weighted by atomic mass is 9.76. The number of benzene rings is 2. The van der Waals surface area contributed by atoms with Crippen LogP contribution in [0.5, 0.6) is 5.75 Å². The average Bonchev–Trinajstić information content (AvgIpc) is 2.59. The van der Waals surface area contributed by atoms with Gasteiger partial charge in [-0.25, -0.2) is 8.78 Å². The molecule has 0 heterocycles. The van der Waals surface area contributed by atoms with Crippen LogP contribution in [0.1, 0.15) is 69.8 Å². The SMILES string of the molecule is CCCCCC1CCC(c2cc(F)c3c(F)c(O)ccc3c2)CC1. The largest absolute Gasteiger partial charge is 0.505 e. The number of fused-ring (bicyclic) bond motifs is 1. The van der Waals surface area contributed by atoms with Gasteiger partial charge in [-0.3, -0.25) is 0 Å². The van der Waals surface area contributed by atoms with Gasteiger partial charge in [-0.05, 0) is 60.6 Å². The molecule has 0 aliphatic heterocycles. The average molecular weight is 332 g/mol. The fourth-order valence-electron chi connectivity index (χ4n) is 4.09. The van der Waals surface area contributed by atoms with E-state index in [1.807, 2.05) is 6.07 Å². The molecule has 0 bridgehead atoms. The lowest BCUT2D eigenvalue weighted by Crippen LogP contribution is -2.13. The van der Waals surface area contributed by atoms with Crippen LogP contribution in [-0.2, 0) is 0 Å². The first-order valence-corrected chi connectivity index (χ1v) is 9.20. The van der Waals surface area contributed by atoms with Crippen LogP contribution in [0.15, 0.2) is 24.3 Å². The van der Waals surface area contributed by atoms with Crippen LogP contribution in [0.3, 0.4) is 0 Å². The summed E-state index contributed by atoms with van der Waals surface area (Å²) >= 11 is 0. The summed E-state index contributed by atoms with van der Waals surface area (Å²) in [7, 11) is 0. The Labute approximate surface area is 142 Å². The molecule has 1 nitrogen and oxygen atoms in total. The highest BCUT2D eigenvalue weighted by atomic mass is 19.1. The van der Waals surface area contributed by atoms with Crippen LogP contribution in [0, 0.1) is 17.6 Å². The second-order valence-corrected chi connectivity index (χ2v) is 7.21. The Morgan fingerprint density at radius 2 is 1.79 bits per heavy atom. The fourth-order valence-corrected chi connectivity index (χ4v) is 4.09. The maximum absolute atomic E-state index is 14.4. The Morgan fingerprint density at radius 1 is 1.04 bits per heavy atom. The van der Waals surface area contributed by atoms with E-state index in [0.717, 1.165) is 24.3 Å². The number of hydrogen-bond donors (Lipinski definition) is 1. The Hall–Kier alpha value is -1.64. The molecule has 0 atom stereocenters. The van der Waals surface area contributed by atoms with E-state index in [2.05, 4.69) is 6.92 Å². The standard InChI is InChI=1S/C21H26F2O/c1-2-3-4-5-14-6-8-15(9-7-14)17-12-16-10-11-19(24)21(23)20(16)18(22)13-17/h10-15,24H,2-9H2,1H3. The summed E-state index contributed by atoms with van der Waals surface area (Å²) in [6.07, 6.45) is 9.79. The first kappa shape index (κ1) is 17.2. The van der Waals surface area contributed by atoms with Crippen molar-refractivity contribution in [3.05, 3.63) is 41.5 Å². The van der Waals surface area contributed by atoms with E-state index >= 15 is 0 Å². The van der Waals surface area contributed by atoms with Crippen LogP contribution in [0.25, 0.3) is 10.8 Å². The molecule has 3 rings (SSSR count). The summed E-state index contributed by atoms with van der Waals surface area (Å²) < 4.78 is 28.3. The Kier molecular flexibility index (Phi) is 5.37. The van der Waals surface area contributed by atoms with Gasteiger partial charge in [0.05, 0.1) is 5.39 Å². The zero-order valence-corrected chi connectivity index (χ0v) is 14.3.